The standard InChI is InChI=1S/C31H37ClN10O2/c1-19(26-6-5-7-29(37-26)41-12-10-40(4)11-13-41)36-30(43)20(2)42-18-22-9-8-21(14-24(22)31(42)44)23-15-27(35-16-25(23)32)38-28(39-33)17-34-3/h5-9,14-17,19-20H,10-13,18,33H2,1-4H3,(H,36,43)(H,35,38,39)/t19-,20-/m1/s1. The fourth-order valence-electron chi connectivity index (χ4n) is 5.30. The summed E-state index contributed by atoms with van der Waals surface area (Å²) in [7, 11) is 3.72. The van der Waals surface area contributed by atoms with Crippen LogP contribution >= 0.6 is 11.6 Å². The van der Waals surface area contributed by atoms with Gasteiger partial charge in [0.25, 0.3) is 5.91 Å². The van der Waals surface area contributed by atoms with Gasteiger partial charge in [-0.2, -0.15) is 0 Å². The van der Waals surface area contributed by atoms with Gasteiger partial charge in [0.2, 0.25) is 5.91 Å². The highest BCUT2D eigenvalue weighted by molar-refractivity contribution is 6.33. The van der Waals surface area contributed by atoms with Crippen LogP contribution in [0.25, 0.3) is 11.1 Å². The topological polar surface area (TPSA) is 144 Å². The summed E-state index contributed by atoms with van der Waals surface area (Å²) >= 11 is 6.49. The van der Waals surface area contributed by atoms with Crippen molar-refractivity contribution in [3.8, 4) is 11.1 Å². The van der Waals surface area contributed by atoms with Crippen LogP contribution in [0.15, 0.2) is 58.6 Å². The number of pyridine rings is 2. The first kappa shape index (κ1) is 31.0. The van der Waals surface area contributed by atoms with Gasteiger partial charge in [-0.25, -0.2) is 20.8 Å². The van der Waals surface area contributed by atoms with E-state index in [4.69, 9.17) is 22.4 Å². The number of anilines is 1. The molecule has 4 heterocycles. The van der Waals surface area contributed by atoms with Crippen LogP contribution < -0.4 is 21.5 Å². The Hall–Kier alpha value is -4.39. The molecule has 13 heteroatoms. The minimum atomic E-state index is -0.686. The average molecular weight is 617 g/mol. The lowest BCUT2D eigenvalue weighted by atomic mass is 10.0. The van der Waals surface area contributed by atoms with Crippen LogP contribution in [0.2, 0.25) is 5.02 Å². The van der Waals surface area contributed by atoms with E-state index in [0.29, 0.717) is 34.3 Å². The van der Waals surface area contributed by atoms with Crippen molar-refractivity contribution >= 4 is 47.1 Å². The number of piperazine rings is 1. The number of nitrogens with two attached hydrogens (primary N) is 1. The van der Waals surface area contributed by atoms with Gasteiger partial charge in [0.15, 0.2) is 11.7 Å². The number of nitrogens with one attached hydrogen (secondary N) is 2. The van der Waals surface area contributed by atoms with Crippen molar-refractivity contribution in [2.75, 3.05) is 45.2 Å². The van der Waals surface area contributed by atoms with Crippen molar-refractivity contribution in [3.63, 3.8) is 0 Å². The second-order valence-electron chi connectivity index (χ2n) is 11.0. The Morgan fingerprint density at radius 3 is 2.61 bits per heavy atom. The first-order chi connectivity index (χ1) is 21.2. The van der Waals surface area contributed by atoms with Gasteiger partial charge in [-0.15, -0.1) is 0 Å². The van der Waals surface area contributed by atoms with Crippen LogP contribution in [-0.2, 0) is 11.3 Å². The molecule has 1 saturated heterocycles. The Morgan fingerprint density at radius 1 is 1.11 bits per heavy atom. The lowest BCUT2D eigenvalue weighted by Crippen LogP contribution is -2.46. The number of fused-ring (bicyclic) bond motifs is 1. The van der Waals surface area contributed by atoms with E-state index in [1.165, 1.54) is 12.4 Å². The van der Waals surface area contributed by atoms with Crippen molar-refractivity contribution in [2.24, 2.45) is 15.8 Å². The molecule has 44 heavy (non-hydrogen) atoms. The molecule has 5 rings (SSSR count). The van der Waals surface area contributed by atoms with Crippen LogP contribution in [0, 0.1) is 0 Å². The summed E-state index contributed by atoms with van der Waals surface area (Å²) in [5, 5.41) is 3.46. The van der Waals surface area contributed by atoms with E-state index in [2.05, 4.69) is 42.6 Å². The van der Waals surface area contributed by atoms with E-state index in [1.807, 2.05) is 37.3 Å². The van der Waals surface area contributed by atoms with Crippen molar-refractivity contribution in [3.05, 3.63) is 70.5 Å². The average Bonchev–Trinajstić information content (AvgIpc) is 3.36. The smallest absolute Gasteiger partial charge is 0.255 e. The Balaban J connectivity index is 1.28. The minimum Gasteiger partial charge on any atom is -0.354 e. The molecule has 230 valence electrons. The Morgan fingerprint density at radius 2 is 1.89 bits per heavy atom. The Bertz CT molecular complexity index is 1600. The summed E-state index contributed by atoms with van der Waals surface area (Å²) in [5.41, 5.74) is 5.99. The molecular weight excluding hydrogens is 580 g/mol. The lowest BCUT2D eigenvalue weighted by molar-refractivity contribution is -0.125. The number of carbonyl (C=O) groups excluding carboxylic acids is 2. The number of halogens is 1. The minimum absolute atomic E-state index is 0.218. The number of likely N-dealkylation sites (N-methyl/N-ethyl adjacent to an activating group) is 1. The third kappa shape index (κ3) is 6.72. The van der Waals surface area contributed by atoms with Crippen LogP contribution in [0.1, 0.15) is 41.5 Å². The van der Waals surface area contributed by atoms with Gasteiger partial charge in [-0.3, -0.25) is 14.6 Å². The molecule has 12 nitrogen and oxygen atoms in total. The molecule has 1 fully saturated rings. The number of hydrogen-bond donors (Lipinski definition) is 3. The second-order valence-corrected chi connectivity index (χ2v) is 11.4. The maximum absolute atomic E-state index is 13.6. The van der Waals surface area contributed by atoms with Crippen molar-refractivity contribution in [1.82, 2.24) is 30.5 Å². The van der Waals surface area contributed by atoms with Crippen molar-refractivity contribution < 1.29 is 9.59 Å². The van der Waals surface area contributed by atoms with Crippen molar-refractivity contribution in [2.45, 2.75) is 32.5 Å². The van der Waals surface area contributed by atoms with E-state index in [1.54, 1.807) is 31.0 Å². The van der Waals surface area contributed by atoms with Crippen LogP contribution in [-0.4, -0.2) is 89.9 Å². The van der Waals surface area contributed by atoms with Crippen molar-refractivity contribution in [1.29, 1.82) is 0 Å². The number of carbonyl (C=O) groups is 2. The highest BCUT2D eigenvalue weighted by Crippen LogP contribution is 2.34. The normalized spacial score (nSPS) is 17.1. The summed E-state index contributed by atoms with van der Waals surface area (Å²) < 4.78 is 0. The maximum Gasteiger partial charge on any atom is 0.255 e. The zero-order valence-electron chi connectivity index (χ0n) is 25.3. The molecule has 2 aliphatic heterocycles. The number of benzene rings is 1. The summed E-state index contributed by atoms with van der Waals surface area (Å²) in [6, 6.07) is 12.2. The number of amides is 2. The number of rotatable bonds is 8. The van der Waals surface area contributed by atoms with Crippen LogP contribution in [0.4, 0.5) is 11.6 Å². The predicted molar refractivity (Wildman–Crippen MR) is 173 cm³/mol. The summed E-state index contributed by atoms with van der Waals surface area (Å²) in [4.78, 5) is 50.4. The molecule has 1 aromatic carbocycles. The molecule has 2 aromatic heterocycles. The van der Waals surface area contributed by atoms with Gasteiger partial charge in [0.05, 0.1) is 23.0 Å². The van der Waals surface area contributed by atoms with Crippen LogP contribution in [0.3, 0.4) is 0 Å². The number of amidine groups is 1. The number of aromatic nitrogens is 2. The summed E-state index contributed by atoms with van der Waals surface area (Å²) in [6.45, 7) is 7.77. The second kappa shape index (κ2) is 13.5. The molecule has 0 aliphatic carbocycles. The predicted octanol–water partition coefficient (Wildman–Crippen LogP) is 2.96. The molecular formula is C31H37ClN10O2. The SMILES string of the molecule is CN=CC(=Nc1cc(-c2ccc3c(c2)C(=O)N([C@H](C)C(=O)N[C@H](C)c2cccc(N4CCN(C)CC4)n2)C3)c(Cl)cn1)NN. The monoisotopic (exact) mass is 616 g/mol. The van der Waals surface area contributed by atoms with Gasteiger partial charge >= 0.3 is 0 Å². The van der Waals surface area contributed by atoms with Gasteiger partial charge < -0.3 is 25.4 Å². The molecule has 0 spiro atoms. The molecule has 2 aliphatic rings. The lowest BCUT2D eigenvalue weighted by Gasteiger charge is -2.33. The van der Waals surface area contributed by atoms with Gasteiger partial charge in [-0.1, -0.05) is 29.8 Å². The number of hydrazine groups is 1. The quantitative estimate of drug-likeness (QED) is 0.152. The highest BCUT2D eigenvalue weighted by atomic mass is 35.5. The van der Waals surface area contributed by atoms with Gasteiger partial charge in [-0.05, 0) is 56.3 Å². The number of hydrogen-bond acceptors (Lipinski definition) is 9. The van der Waals surface area contributed by atoms with Crippen LogP contribution in [0.5, 0.6) is 0 Å². The molecule has 0 radical (unpaired) electrons. The number of nitrogens with zero attached hydrogens (tertiary/aromatic N) is 7. The fourth-order valence-corrected chi connectivity index (χ4v) is 5.51. The zero-order valence-corrected chi connectivity index (χ0v) is 26.0. The molecule has 0 saturated carbocycles. The molecule has 4 N–H and O–H groups in total. The van der Waals surface area contributed by atoms with Gasteiger partial charge in [0, 0.05) is 57.1 Å². The highest BCUT2D eigenvalue weighted by Gasteiger charge is 2.34. The third-order valence-electron chi connectivity index (χ3n) is 7.96. The third-order valence-corrected chi connectivity index (χ3v) is 8.26. The molecule has 0 bridgehead atoms. The Kier molecular flexibility index (Phi) is 9.52. The Labute approximate surface area is 262 Å². The van der Waals surface area contributed by atoms with E-state index >= 15 is 0 Å². The van der Waals surface area contributed by atoms with E-state index in [0.717, 1.165) is 48.8 Å². The maximum atomic E-state index is 13.6. The zero-order chi connectivity index (χ0) is 31.4. The molecule has 2 atom stereocenters. The van der Waals surface area contributed by atoms with E-state index < -0.39 is 6.04 Å². The summed E-state index contributed by atoms with van der Waals surface area (Å²) in [6.07, 6.45) is 2.97. The molecule has 3 aromatic rings. The summed E-state index contributed by atoms with van der Waals surface area (Å²) in [5.74, 6) is 6.65. The van der Waals surface area contributed by atoms with E-state index in [-0.39, 0.29) is 17.9 Å². The first-order valence-corrected chi connectivity index (χ1v) is 14.8. The fraction of sp³-hybridized carbons (Fsp3) is 0.355. The largest absolute Gasteiger partial charge is 0.354 e. The first-order valence-electron chi connectivity index (χ1n) is 14.5. The molecule has 2 amide bonds. The van der Waals surface area contributed by atoms with Gasteiger partial charge in [0.1, 0.15) is 11.9 Å². The number of aliphatic imine (C=N–C) groups is 2. The molecule has 0 unspecified atom stereocenters. The van der Waals surface area contributed by atoms with E-state index in [9.17, 15) is 9.59 Å².